The van der Waals surface area contributed by atoms with E-state index in [1.165, 1.54) is 0 Å². The highest BCUT2D eigenvalue weighted by molar-refractivity contribution is 9.10. The van der Waals surface area contributed by atoms with Crippen molar-refractivity contribution in [3.63, 3.8) is 0 Å². The van der Waals surface area contributed by atoms with Crippen LogP contribution < -0.4 is 4.74 Å². The molecule has 1 aliphatic rings. The molecular formula is C16H21BrO3. The van der Waals surface area contributed by atoms with E-state index in [0.717, 1.165) is 41.5 Å². The molecule has 1 fully saturated rings. The number of rotatable bonds is 6. The predicted octanol–water partition coefficient (Wildman–Crippen LogP) is 3.92. The molecule has 0 spiro atoms. The molecule has 1 aliphatic carbocycles. The average molecular weight is 341 g/mol. The molecule has 0 aromatic heterocycles. The van der Waals surface area contributed by atoms with Gasteiger partial charge in [0, 0.05) is 23.1 Å². The van der Waals surface area contributed by atoms with E-state index >= 15 is 0 Å². The van der Waals surface area contributed by atoms with Crippen molar-refractivity contribution in [1.29, 1.82) is 0 Å². The molecule has 3 nitrogen and oxygen atoms in total. The van der Waals surface area contributed by atoms with Gasteiger partial charge in [0.25, 0.3) is 0 Å². The Labute approximate surface area is 128 Å². The fourth-order valence-electron chi connectivity index (χ4n) is 2.95. The van der Waals surface area contributed by atoms with Crippen molar-refractivity contribution in [3.8, 4) is 5.75 Å². The summed E-state index contributed by atoms with van der Waals surface area (Å²) in [6.45, 7) is 2.54. The van der Waals surface area contributed by atoms with E-state index in [0.29, 0.717) is 13.0 Å². The van der Waals surface area contributed by atoms with Crippen LogP contribution in [0.15, 0.2) is 22.7 Å². The van der Waals surface area contributed by atoms with Gasteiger partial charge >= 0.3 is 0 Å². The highest BCUT2D eigenvalue weighted by Gasteiger charge is 2.41. The number of methoxy groups -OCH3 is 1. The second-order valence-electron chi connectivity index (χ2n) is 5.19. The Kier molecular flexibility index (Phi) is 5.22. The quantitative estimate of drug-likeness (QED) is 0.787. The largest absolute Gasteiger partial charge is 0.496 e. The van der Waals surface area contributed by atoms with Crippen molar-refractivity contribution in [1.82, 2.24) is 0 Å². The third-order valence-corrected chi connectivity index (χ3v) is 4.43. The van der Waals surface area contributed by atoms with Gasteiger partial charge in [-0.25, -0.2) is 0 Å². The van der Waals surface area contributed by atoms with Crippen molar-refractivity contribution in [2.45, 2.75) is 44.6 Å². The van der Waals surface area contributed by atoms with Crippen molar-refractivity contribution in [2.24, 2.45) is 0 Å². The number of ether oxygens (including phenoxy) is 2. The Hall–Kier alpha value is -0.870. The smallest absolute Gasteiger partial charge is 0.169 e. The van der Waals surface area contributed by atoms with Gasteiger partial charge in [-0.05, 0) is 50.8 Å². The summed E-state index contributed by atoms with van der Waals surface area (Å²) >= 11 is 3.44. The van der Waals surface area contributed by atoms with E-state index in [-0.39, 0.29) is 5.78 Å². The Morgan fingerprint density at radius 1 is 1.35 bits per heavy atom. The Bertz CT molecular complexity index is 479. The highest BCUT2D eigenvalue weighted by atomic mass is 79.9. The first-order chi connectivity index (χ1) is 9.61. The van der Waals surface area contributed by atoms with Crippen LogP contribution in [-0.4, -0.2) is 25.1 Å². The summed E-state index contributed by atoms with van der Waals surface area (Å²) in [7, 11) is 1.63. The molecule has 0 saturated heterocycles. The maximum atomic E-state index is 12.7. The number of carbonyl (C=O) groups excluding carboxylic acids is 1. The number of hydrogen-bond acceptors (Lipinski definition) is 3. The van der Waals surface area contributed by atoms with Crippen molar-refractivity contribution in [2.75, 3.05) is 13.7 Å². The van der Waals surface area contributed by atoms with E-state index < -0.39 is 5.60 Å². The number of ketones is 1. The van der Waals surface area contributed by atoms with Crippen molar-refractivity contribution >= 4 is 21.7 Å². The first-order valence-corrected chi connectivity index (χ1v) is 7.90. The van der Waals surface area contributed by atoms with Crippen LogP contribution in [-0.2, 0) is 16.0 Å². The van der Waals surface area contributed by atoms with E-state index in [2.05, 4.69) is 15.9 Å². The zero-order valence-corrected chi connectivity index (χ0v) is 13.7. The fraction of sp³-hybridized carbons (Fsp3) is 0.562. The van der Waals surface area contributed by atoms with Crippen LogP contribution in [0.2, 0.25) is 0 Å². The molecule has 0 atom stereocenters. The van der Waals surface area contributed by atoms with Gasteiger partial charge in [-0.15, -0.1) is 0 Å². The van der Waals surface area contributed by atoms with Crippen LogP contribution in [0.1, 0.15) is 38.2 Å². The van der Waals surface area contributed by atoms with Gasteiger partial charge in [0.15, 0.2) is 5.78 Å². The SMILES string of the molecule is CCOC1(C(=O)Cc2cc(Br)ccc2OC)CCCC1. The Balaban J connectivity index is 2.20. The van der Waals surface area contributed by atoms with Gasteiger partial charge in [-0.1, -0.05) is 15.9 Å². The van der Waals surface area contributed by atoms with Crippen LogP contribution in [0.25, 0.3) is 0 Å². The molecule has 0 unspecified atom stereocenters. The Morgan fingerprint density at radius 3 is 2.65 bits per heavy atom. The molecule has 0 bridgehead atoms. The minimum atomic E-state index is -0.567. The average Bonchev–Trinajstić information content (AvgIpc) is 2.89. The van der Waals surface area contributed by atoms with Crippen LogP contribution in [0.4, 0.5) is 0 Å². The standard InChI is InChI=1S/C16H21BrO3/c1-3-20-16(8-4-5-9-16)15(18)11-12-10-13(17)6-7-14(12)19-2/h6-7,10H,3-5,8-9,11H2,1-2H3. The molecule has 0 amide bonds. The zero-order chi connectivity index (χ0) is 14.6. The van der Waals surface area contributed by atoms with Gasteiger partial charge in [-0.3, -0.25) is 4.79 Å². The summed E-state index contributed by atoms with van der Waals surface area (Å²) < 4.78 is 12.1. The summed E-state index contributed by atoms with van der Waals surface area (Å²) in [6, 6.07) is 5.75. The first-order valence-electron chi connectivity index (χ1n) is 7.11. The number of Topliss-reactive ketones (excluding diaryl/α,β-unsaturated/α-hetero) is 1. The second kappa shape index (κ2) is 6.72. The van der Waals surface area contributed by atoms with Gasteiger partial charge in [0.05, 0.1) is 7.11 Å². The summed E-state index contributed by atoms with van der Waals surface area (Å²) in [4.78, 5) is 12.7. The van der Waals surface area contributed by atoms with Crippen molar-refractivity contribution < 1.29 is 14.3 Å². The topological polar surface area (TPSA) is 35.5 Å². The maximum Gasteiger partial charge on any atom is 0.169 e. The van der Waals surface area contributed by atoms with E-state index in [9.17, 15) is 4.79 Å². The minimum Gasteiger partial charge on any atom is -0.496 e. The summed E-state index contributed by atoms with van der Waals surface area (Å²) in [6.07, 6.45) is 4.19. The number of hydrogen-bond donors (Lipinski definition) is 0. The lowest BCUT2D eigenvalue weighted by Crippen LogP contribution is -2.40. The molecule has 0 radical (unpaired) electrons. The molecule has 4 heteroatoms. The van der Waals surface area contributed by atoms with Crippen LogP contribution in [0, 0.1) is 0 Å². The van der Waals surface area contributed by atoms with Crippen LogP contribution >= 0.6 is 15.9 Å². The highest BCUT2D eigenvalue weighted by Crippen LogP contribution is 2.36. The van der Waals surface area contributed by atoms with Gasteiger partial charge in [0.2, 0.25) is 0 Å². The summed E-state index contributed by atoms with van der Waals surface area (Å²) in [5.74, 6) is 0.930. The molecule has 1 aromatic rings. The van der Waals surface area contributed by atoms with Gasteiger partial charge < -0.3 is 9.47 Å². The van der Waals surface area contributed by atoms with E-state index in [1.807, 2.05) is 25.1 Å². The lowest BCUT2D eigenvalue weighted by molar-refractivity contribution is -0.142. The molecule has 110 valence electrons. The monoisotopic (exact) mass is 340 g/mol. The third-order valence-electron chi connectivity index (χ3n) is 3.93. The molecule has 0 heterocycles. The first kappa shape index (κ1) is 15.5. The van der Waals surface area contributed by atoms with Gasteiger partial charge in [0.1, 0.15) is 11.4 Å². The fourth-order valence-corrected chi connectivity index (χ4v) is 3.35. The molecule has 0 N–H and O–H groups in total. The van der Waals surface area contributed by atoms with Gasteiger partial charge in [-0.2, -0.15) is 0 Å². The zero-order valence-electron chi connectivity index (χ0n) is 12.1. The molecule has 0 aliphatic heterocycles. The number of benzene rings is 1. The normalized spacial score (nSPS) is 17.1. The summed E-state index contributed by atoms with van der Waals surface area (Å²) in [5, 5.41) is 0. The minimum absolute atomic E-state index is 0.174. The second-order valence-corrected chi connectivity index (χ2v) is 6.11. The van der Waals surface area contributed by atoms with Crippen molar-refractivity contribution in [3.05, 3.63) is 28.2 Å². The molecule has 20 heavy (non-hydrogen) atoms. The number of halogens is 1. The molecule has 1 saturated carbocycles. The Morgan fingerprint density at radius 2 is 2.05 bits per heavy atom. The van der Waals surface area contributed by atoms with E-state index in [4.69, 9.17) is 9.47 Å². The van der Waals surface area contributed by atoms with E-state index in [1.54, 1.807) is 7.11 Å². The lowest BCUT2D eigenvalue weighted by Gasteiger charge is -2.27. The predicted molar refractivity (Wildman–Crippen MR) is 82.2 cm³/mol. The molecular weight excluding hydrogens is 320 g/mol. The molecule has 2 rings (SSSR count). The van der Waals surface area contributed by atoms with Crippen LogP contribution in [0.5, 0.6) is 5.75 Å². The number of carbonyl (C=O) groups is 1. The summed E-state index contributed by atoms with van der Waals surface area (Å²) in [5.41, 5.74) is 0.347. The molecule has 1 aromatic carbocycles. The third kappa shape index (κ3) is 3.23. The van der Waals surface area contributed by atoms with Crippen LogP contribution in [0.3, 0.4) is 0 Å². The lowest BCUT2D eigenvalue weighted by atomic mass is 9.91. The maximum absolute atomic E-state index is 12.7.